The molecular weight excluding hydrogens is 242 g/mol. The first-order valence-corrected chi connectivity index (χ1v) is 6.68. The molecule has 0 saturated carbocycles. The number of ether oxygens (including phenoxy) is 1. The van der Waals surface area contributed by atoms with Crippen LogP contribution in [0.3, 0.4) is 0 Å². The van der Waals surface area contributed by atoms with Crippen LogP contribution in [-0.4, -0.2) is 42.7 Å². The van der Waals surface area contributed by atoms with Crippen LogP contribution in [0.4, 0.5) is 0 Å². The molecule has 2 rings (SSSR count). The van der Waals surface area contributed by atoms with E-state index < -0.39 is 0 Å². The van der Waals surface area contributed by atoms with Gasteiger partial charge in [0.05, 0.1) is 13.2 Å². The highest BCUT2D eigenvalue weighted by Crippen LogP contribution is 2.22. The molecule has 1 saturated heterocycles. The molecule has 4 nitrogen and oxygen atoms in total. The number of benzene rings is 1. The van der Waals surface area contributed by atoms with Gasteiger partial charge in [-0.15, -0.1) is 0 Å². The molecule has 1 unspecified atom stereocenters. The van der Waals surface area contributed by atoms with Crippen LogP contribution in [0.1, 0.15) is 17.5 Å². The summed E-state index contributed by atoms with van der Waals surface area (Å²) in [6.45, 7) is 2.16. The van der Waals surface area contributed by atoms with Gasteiger partial charge in [-0.25, -0.2) is 0 Å². The molecule has 0 bridgehead atoms. The van der Waals surface area contributed by atoms with Gasteiger partial charge >= 0.3 is 0 Å². The van der Waals surface area contributed by atoms with Gasteiger partial charge in [0, 0.05) is 26.6 Å². The number of carbonyl (C=O) groups excluding carboxylic acids is 1. The fourth-order valence-electron chi connectivity index (χ4n) is 2.60. The van der Waals surface area contributed by atoms with Crippen LogP contribution in [0.5, 0.6) is 0 Å². The van der Waals surface area contributed by atoms with E-state index in [1.807, 2.05) is 23.1 Å². The van der Waals surface area contributed by atoms with E-state index in [9.17, 15) is 4.79 Å². The lowest BCUT2D eigenvalue weighted by Gasteiger charge is -2.16. The third kappa shape index (κ3) is 3.78. The summed E-state index contributed by atoms with van der Waals surface area (Å²) in [6, 6.07) is 7.94. The first-order chi connectivity index (χ1) is 9.22. The minimum absolute atomic E-state index is 0.0669. The second-order valence-corrected chi connectivity index (χ2v) is 5.08. The zero-order valence-electron chi connectivity index (χ0n) is 11.3. The Bertz CT molecular complexity index is 433. The van der Waals surface area contributed by atoms with Crippen LogP contribution in [0.15, 0.2) is 24.3 Å². The van der Waals surface area contributed by atoms with Crippen LogP contribution in [0.25, 0.3) is 0 Å². The molecular formula is C15H21NO3. The zero-order valence-corrected chi connectivity index (χ0v) is 11.3. The van der Waals surface area contributed by atoms with Gasteiger partial charge in [-0.1, -0.05) is 24.3 Å². The predicted octanol–water partition coefficient (Wildman–Crippen LogP) is 1.22. The van der Waals surface area contributed by atoms with Crippen LogP contribution in [0.2, 0.25) is 0 Å². The fraction of sp³-hybridized carbons (Fsp3) is 0.533. The summed E-state index contributed by atoms with van der Waals surface area (Å²) < 4.78 is 5.01. The number of methoxy groups -OCH3 is 1. The summed E-state index contributed by atoms with van der Waals surface area (Å²) in [5.74, 6) is 0.596. The average Bonchev–Trinajstić information content (AvgIpc) is 2.76. The molecule has 1 N–H and O–H groups in total. The Balaban J connectivity index is 1.91. The van der Waals surface area contributed by atoms with E-state index in [0.717, 1.165) is 18.5 Å². The van der Waals surface area contributed by atoms with Crippen molar-refractivity contribution < 1.29 is 14.6 Å². The molecule has 1 aliphatic heterocycles. The number of hydrogen-bond donors (Lipinski definition) is 1. The summed E-state index contributed by atoms with van der Waals surface area (Å²) in [7, 11) is 1.65. The molecule has 1 fully saturated rings. The number of likely N-dealkylation sites (tertiary alicyclic amines) is 1. The molecule has 1 aliphatic rings. The van der Waals surface area contributed by atoms with E-state index in [-0.39, 0.29) is 12.5 Å². The van der Waals surface area contributed by atoms with Gasteiger partial charge in [0.25, 0.3) is 0 Å². The highest BCUT2D eigenvalue weighted by atomic mass is 16.5. The van der Waals surface area contributed by atoms with Gasteiger partial charge in [-0.3, -0.25) is 4.79 Å². The van der Waals surface area contributed by atoms with Crippen LogP contribution in [0, 0.1) is 5.92 Å². The molecule has 0 radical (unpaired) electrons. The molecule has 0 spiro atoms. The Hall–Kier alpha value is -1.39. The molecule has 1 amide bonds. The quantitative estimate of drug-likeness (QED) is 0.839. The summed E-state index contributed by atoms with van der Waals surface area (Å²) in [5, 5.41) is 9.13. The number of amides is 1. The smallest absolute Gasteiger partial charge is 0.223 e. The second kappa shape index (κ2) is 6.68. The SMILES string of the molecule is COCCN1CC(Cc2cccc(CO)c2)CC1=O. The topological polar surface area (TPSA) is 49.8 Å². The predicted molar refractivity (Wildman–Crippen MR) is 72.6 cm³/mol. The fourth-order valence-corrected chi connectivity index (χ4v) is 2.60. The van der Waals surface area contributed by atoms with E-state index >= 15 is 0 Å². The first-order valence-electron chi connectivity index (χ1n) is 6.68. The third-order valence-corrected chi connectivity index (χ3v) is 3.56. The number of hydrogen-bond acceptors (Lipinski definition) is 3. The van der Waals surface area contributed by atoms with Gasteiger partial charge in [-0.2, -0.15) is 0 Å². The number of aliphatic hydroxyl groups excluding tert-OH is 1. The van der Waals surface area contributed by atoms with Crippen molar-refractivity contribution in [3.63, 3.8) is 0 Å². The third-order valence-electron chi connectivity index (χ3n) is 3.56. The molecule has 1 heterocycles. The maximum Gasteiger partial charge on any atom is 0.223 e. The molecule has 4 heteroatoms. The minimum Gasteiger partial charge on any atom is -0.392 e. The van der Waals surface area contributed by atoms with Crippen LogP contribution < -0.4 is 0 Å². The lowest BCUT2D eigenvalue weighted by molar-refractivity contribution is -0.128. The lowest BCUT2D eigenvalue weighted by atomic mass is 9.97. The number of carbonyl (C=O) groups is 1. The van der Waals surface area contributed by atoms with Gasteiger partial charge in [-0.05, 0) is 23.5 Å². The maximum atomic E-state index is 11.8. The van der Waals surface area contributed by atoms with Crippen molar-refractivity contribution in [2.75, 3.05) is 26.8 Å². The van der Waals surface area contributed by atoms with E-state index in [4.69, 9.17) is 9.84 Å². The highest BCUT2D eigenvalue weighted by Gasteiger charge is 2.29. The van der Waals surface area contributed by atoms with Crippen molar-refractivity contribution in [3.8, 4) is 0 Å². The molecule has 1 aromatic carbocycles. The van der Waals surface area contributed by atoms with Crippen LogP contribution in [-0.2, 0) is 22.6 Å². The number of aliphatic hydroxyl groups is 1. The Morgan fingerprint density at radius 1 is 1.42 bits per heavy atom. The number of nitrogens with zero attached hydrogens (tertiary/aromatic N) is 1. The average molecular weight is 263 g/mol. The van der Waals surface area contributed by atoms with Crippen molar-refractivity contribution in [3.05, 3.63) is 35.4 Å². The Morgan fingerprint density at radius 2 is 2.21 bits per heavy atom. The standard InChI is InChI=1S/C15H21NO3/c1-19-6-5-16-10-14(9-15(16)18)8-12-3-2-4-13(7-12)11-17/h2-4,7,14,17H,5-6,8-11H2,1H3. The molecule has 0 aliphatic carbocycles. The van der Waals surface area contributed by atoms with Crippen LogP contribution >= 0.6 is 0 Å². The van der Waals surface area contributed by atoms with Gasteiger partial charge in [0.2, 0.25) is 5.91 Å². The van der Waals surface area contributed by atoms with Crippen molar-refractivity contribution in [2.24, 2.45) is 5.92 Å². The molecule has 0 aromatic heterocycles. The van der Waals surface area contributed by atoms with E-state index in [1.54, 1.807) is 7.11 Å². The number of rotatable bonds is 6. The van der Waals surface area contributed by atoms with Gasteiger partial charge in [0.15, 0.2) is 0 Å². The Morgan fingerprint density at radius 3 is 2.95 bits per heavy atom. The molecule has 1 aromatic rings. The van der Waals surface area contributed by atoms with Crippen molar-refractivity contribution in [1.82, 2.24) is 4.90 Å². The van der Waals surface area contributed by atoms with E-state index in [2.05, 4.69) is 6.07 Å². The second-order valence-electron chi connectivity index (χ2n) is 5.08. The van der Waals surface area contributed by atoms with E-state index in [0.29, 0.717) is 25.5 Å². The first kappa shape index (κ1) is 14.0. The molecule has 104 valence electrons. The Kier molecular flexibility index (Phi) is 4.93. The minimum atomic E-state index is 0.0669. The van der Waals surface area contributed by atoms with E-state index in [1.165, 1.54) is 5.56 Å². The summed E-state index contributed by atoms with van der Waals surface area (Å²) >= 11 is 0. The normalized spacial score (nSPS) is 19.2. The van der Waals surface area contributed by atoms with Crippen molar-refractivity contribution in [2.45, 2.75) is 19.4 Å². The highest BCUT2D eigenvalue weighted by molar-refractivity contribution is 5.78. The Labute approximate surface area is 114 Å². The summed E-state index contributed by atoms with van der Waals surface area (Å²) in [6.07, 6.45) is 1.51. The van der Waals surface area contributed by atoms with Crippen molar-refractivity contribution >= 4 is 5.91 Å². The van der Waals surface area contributed by atoms with Gasteiger partial charge < -0.3 is 14.7 Å². The molecule has 19 heavy (non-hydrogen) atoms. The lowest BCUT2D eigenvalue weighted by Crippen LogP contribution is -2.28. The molecule has 1 atom stereocenters. The summed E-state index contributed by atoms with van der Waals surface area (Å²) in [4.78, 5) is 13.7. The summed E-state index contributed by atoms with van der Waals surface area (Å²) in [5.41, 5.74) is 2.12. The largest absolute Gasteiger partial charge is 0.392 e. The van der Waals surface area contributed by atoms with Gasteiger partial charge in [0.1, 0.15) is 0 Å². The zero-order chi connectivity index (χ0) is 13.7. The monoisotopic (exact) mass is 263 g/mol. The van der Waals surface area contributed by atoms with Crippen molar-refractivity contribution in [1.29, 1.82) is 0 Å². The maximum absolute atomic E-state index is 11.8.